The molecule has 1 N–H and O–H groups in total. The summed E-state index contributed by atoms with van der Waals surface area (Å²) in [6, 6.07) is 9.35. The highest BCUT2D eigenvalue weighted by molar-refractivity contribution is 7.92. The molecule has 2 rings (SSSR count). The summed E-state index contributed by atoms with van der Waals surface area (Å²) in [5.41, 5.74) is 2.02. The van der Waals surface area contributed by atoms with Gasteiger partial charge in [-0.2, -0.15) is 0 Å². The van der Waals surface area contributed by atoms with Crippen LogP contribution in [0.5, 0.6) is 0 Å². The summed E-state index contributed by atoms with van der Waals surface area (Å²) < 4.78 is 26.5. The number of halogens is 2. The number of hydrogen-bond acceptors (Lipinski definition) is 4. The van der Waals surface area contributed by atoms with Gasteiger partial charge in [-0.05, 0) is 65.3 Å². The van der Waals surface area contributed by atoms with Crippen LogP contribution < -0.4 is 9.62 Å². The third kappa shape index (κ3) is 7.85. The van der Waals surface area contributed by atoms with Crippen LogP contribution in [-0.2, 0) is 26.2 Å². The van der Waals surface area contributed by atoms with Gasteiger partial charge >= 0.3 is 0 Å². The molecule has 10 heteroatoms. The largest absolute Gasteiger partial charge is 0.350 e. The summed E-state index contributed by atoms with van der Waals surface area (Å²) in [7, 11) is -3.81. The highest BCUT2D eigenvalue weighted by Crippen LogP contribution is 2.28. The van der Waals surface area contributed by atoms with E-state index in [-0.39, 0.29) is 12.5 Å². The summed E-state index contributed by atoms with van der Waals surface area (Å²) in [4.78, 5) is 28.0. The number of nitrogens with one attached hydrogen (secondary N) is 1. The zero-order chi connectivity index (χ0) is 26.7. The molecule has 0 heterocycles. The first kappa shape index (κ1) is 28.9. The summed E-state index contributed by atoms with van der Waals surface area (Å²) in [5.74, 6) is -0.950. The van der Waals surface area contributed by atoms with Gasteiger partial charge in [0.05, 0.1) is 11.9 Å². The first-order valence-corrected chi connectivity index (χ1v) is 13.7. The van der Waals surface area contributed by atoms with Crippen molar-refractivity contribution in [3.63, 3.8) is 0 Å². The third-order valence-corrected chi connectivity index (χ3v) is 7.19. The van der Waals surface area contributed by atoms with Gasteiger partial charge in [0.15, 0.2) is 0 Å². The Morgan fingerprint density at radius 2 is 1.63 bits per heavy atom. The van der Waals surface area contributed by atoms with Crippen molar-refractivity contribution >= 4 is 50.7 Å². The molecule has 192 valence electrons. The van der Waals surface area contributed by atoms with E-state index in [0.29, 0.717) is 26.9 Å². The van der Waals surface area contributed by atoms with Crippen molar-refractivity contribution in [1.29, 1.82) is 0 Å². The van der Waals surface area contributed by atoms with Gasteiger partial charge in [-0.25, -0.2) is 8.42 Å². The molecule has 0 fully saturated rings. The maximum absolute atomic E-state index is 13.6. The number of anilines is 1. The molecule has 0 aromatic heterocycles. The zero-order valence-corrected chi connectivity index (χ0v) is 23.5. The quantitative estimate of drug-likeness (QED) is 0.524. The number of carbonyl (C=O) groups excluding carboxylic acids is 2. The Morgan fingerprint density at radius 3 is 2.11 bits per heavy atom. The molecular weight excluding hydrogens is 509 g/mol. The summed E-state index contributed by atoms with van der Waals surface area (Å²) in [6.07, 6.45) is 1.05. The van der Waals surface area contributed by atoms with Gasteiger partial charge in [-0.15, -0.1) is 0 Å². The standard InChI is InChI=1S/C25H33Cl2N3O4S/c1-16-11-12-22(17(2)13-16)30(35(7,33)34)15-23(31)29(18(3)24(32)28-25(4,5)6)14-19-20(26)9-8-10-21(19)27/h8-13,18H,14-15H2,1-7H3,(H,28,32)/t18-/m1/s1. The topological polar surface area (TPSA) is 86.8 Å². The molecule has 1 atom stereocenters. The molecule has 0 aliphatic heterocycles. The first-order chi connectivity index (χ1) is 16.0. The minimum absolute atomic E-state index is 0.0689. The van der Waals surface area contributed by atoms with Crippen molar-refractivity contribution in [2.45, 2.75) is 59.7 Å². The van der Waals surface area contributed by atoms with Gasteiger partial charge in [0.1, 0.15) is 12.6 Å². The van der Waals surface area contributed by atoms with Crippen LogP contribution in [0.1, 0.15) is 44.4 Å². The van der Waals surface area contributed by atoms with Crippen molar-refractivity contribution in [3.05, 3.63) is 63.1 Å². The molecular formula is C25H33Cl2N3O4S. The molecule has 2 aromatic rings. The SMILES string of the molecule is Cc1ccc(N(CC(=O)N(Cc2c(Cl)cccc2Cl)[C@H](C)C(=O)NC(C)(C)C)S(C)(=O)=O)c(C)c1. The van der Waals surface area contributed by atoms with Gasteiger partial charge in [0, 0.05) is 27.7 Å². The average molecular weight is 543 g/mol. The van der Waals surface area contributed by atoms with Gasteiger partial charge in [0.2, 0.25) is 21.8 Å². The number of hydrogen-bond donors (Lipinski definition) is 1. The molecule has 0 spiro atoms. The molecule has 2 amide bonds. The highest BCUT2D eigenvalue weighted by atomic mass is 35.5. The summed E-state index contributed by atoms with van der Waals surface area (Å²) >= 11 is 12.7. The Kier molecular flexibility index (Phi) is 9.25. The fraction of sp³-hybridized carbons (Fsp3) is 0.440. The fourth-order valence-corrected chi connectivity index (χ4v) is 5.01. The second-order valence-electron chi connectivity index (χ2n) is 9.70. The second kappa shape index (κ2) is 11.2. The molecule has 35 heavy (non-hydrogen) atoms. The lowest BCUT2D eigenvalue weighted by Crippen LogP contribution is -2.54. The van der Waals surface area contributed by atoms with Crippen LogP contribution >= 0.6 is 23.2 Å². The van der Waals surface area contributed by atoms with Crippen LogP contribution in [0.25, 0.3) is 0 Å². The molecule has 0 aliphatic carbocycles. The Morgan fingerprint density at radius 1 is 1.06 bits per heavy atom. The van der Waals surface area contributed by atoms with E-state index in [1.807, 2.05) is 33.8 Å². The summed E-state index contributed by atoms with van der Waals surface area (Å²) in [6.45, 7) is 10.2. The number of nitrogens with zero attached hydrogens (tertiary/aromatic N) is 2. The smallest absolute Gasteiger partial charge is 0.244 e. The zero-order valence-electron chi connectivity index (χ0n) is 21.1. The number of aryl methyl sites for hydroxylation is 2. The molecule has 0 bridgehead atoms. The molecule has 0 aliphatic rings. The lowest BCUT2D eigenvalue weighted by molar-refractivity contribution is -0.140. The van der Waals surface area contributed by atoms with Crippen molar-refractivity contribution in [1.82, 2.24) is 10.2 Å². The molecule has 2 aromatic carbocycles. The van der Waals surface area contributed by atoms with E-state index in [2.05, 4.69) is 5.32 Å². The molecule has 0 radical (unpaired) electrons. The number of benzene rings is 2. The number of rotatable bonds is 8. The predicted octanol–water partition coefficient (Wildman–Crippen LogP) is 4.71. The Hall–Kier alpha value is -2.29. The van der Waals surface area contributed by atoms with Gasteiger partial charge in [-0.3, -0.25) is 13.9 Å². The molecule has 0 saturated carbocycles. The van der Waals surface area contributed by atoms with Crippen LogP contribution in [0, 0.1) is 13.8 Å². The monoisotopic (exact) mass is 541 g/mol. The van der Waals surface area contributed by atoms with Crippen LogP contribution in [0.4, 0.5) is 5.69 Å². The van der Waals surface area contributed by atoms with Crippen molar-refractivity contribution in [2.24, 2.45) is 0 Å². The maximum atomic E-state index is 13.6. The highest BCUT2D eigenvalue weighted by Gasteiger charge is 2.32. The van der Waals surface area contributed by atoms with Crippen LogP contribution in [0.3, 0.4) is 0 Å². The minimum Gasteiger partial charge on any atom is -0.350 e. The number of sulfonamides is 1. The Balaban J connectivity index is 2.50. The lowest BCUT2D eigenvalue weighted by Gasteiger charge is -2.33. The molecule has 0 saturated heterocycles. The fourth-order valence-electron chi connectivity index (χ4n) is 3.59. The molecule has 0 unspecified atom stereocenters. The first-order valence-electron chi connectivity index (χ1n) is 11.1. The number of amides is 2. The Labute approximate surface area is 218 Å². The van der Waals surface area contributed by atoms with E-state index in [1.165, 1.54) is 4.90 Å². The van der Waals surface area contributed by atoms with Crippen molar-refractivity contribution in [2.75, 3.05) is 17.1 Å². The lowest BCUT2D eigenvalue weighted by atomic mass is 10.1. The van der Waals surface area contributed by atoms with E-state index in [1.54, 1.807) is 44.2 Å². The van der Waals surface area contributed by atoms with Crippen LogP contribution in [0.2, 0.25) is 10.0 Å². The summed E-state index contributed by atoms with van der Waals surface area (Å²) in [5, 5.41) is 3.55. The van der Waals surface area contributed by atoms with Crippen LogP contribution in [-0.4, -0.2) is 49.5 Å². The average Bonchev–Trinajstić information content (AvgIpc) is 2.69. The predicted molar refractivity (Wildman–Crippen MR) is 142 cm³/mol. The van der Waals surface area contributed by atoms with E-state index < -0.39 is 34.1 Å². The van der Waals surface area contributed by atoms with Crippen molar-refractivity contribution < 1.29 is 18.0 Å². The van der Waals surface area contributed by atoms with Gasteiger partial charge in [-0.1, -0.05) is 47.0 Å². The Bertz CT molecular complexity index is 1190. The van der Waals surface area contributed by atoms with Crippen molar-refractivity contribution in [3.8, 4) is 0 Å². The van der Waals surface area contributed by atoms with E-state index in [0.717, 1.165) is 16.1 Å². The van der Waals surface area contributed by atoms with E-state index in [4.69, 9.17) is 23.2 Å². The second-order valence-corrected chi connectivity index (χ2v) is 12.4. The molecule has 7 nitrogen and oxygen atoms in total. The van der Waals surface area contributed by atoms with Crippen LogP contribution in [0.15, 0.2) is 36.4 Å². The maximum Gasteiger partial charge on any atom is 0.244 e. The van der Waals surface area contributed by atoms with Gasteiger partial charge < -0.3 is 10.2 Å². The normalized spacial score (nSPS) is 12.7. The van der Waals surface area contributed by atoms with E-state index >= 15 is 0 Å². The third-order valence-electron chi connectivity index (χ3n) is 5.36. The van der Waals surface area contributed by atoms with E-state index in [9.17, 15) is 18.0 Å². The number of carbonyl (C=O) groups is 2. The van der Waals surface area contributed by atoms with Gasteiger partial charge in [0.25, 0.3) is 0 Å². The minimum atomic E-state index is -3.81.